The lowest BCUT2D eigenvalue weighted by molar-refractivity contribution is 0.112. The SMILES string of the molecule is O=Cc1sc2cc(F)ccc2c1S. The van der Waals surface area contributed by atoms with Gasteiger partial charge in [0.05, 0.1) is 4.88 Å². The van der Waals surface area contributed by atoms with Gasteiger partial charge in [0.1, 0.15) is 5.82 Å². The molecular weight excluding hydrogens is 207 g/mol. The number of halogens is 1. The van der Waals surface area contributed by atoms with Gasteiger partial charge in [0.2, 0.25) is 0 Å². The first-order valence-corrected chi connectivity index (χ1v) is 4.85. The smallest absolute Gasteiger partial charge is 0.161 e. The van der Waals surface area contributed by atoms with Crippen molar-refractivity contribution in [3.8, 4) is 0 Å². The first-order valence-electron chi connectivity index (χ1n) is 3.58. The van der Waals surface area contributed by atoms with Gasteiger partial charge in [0.25, 0.3) is 0 Å². The molecule has 1 heterocycles. The Kier molecular flexibility index (Phi) is 2.09. The molecule has 0 aliphatic carbocycles. The van der Waals surface area contributed by atoms with E-state index in [1.807, 2.05) is 0 Å². The lowest BCUT2D eigenvalue weighted by Crippen LogP contribution is -1.72. The average molecular weight is 212 g/mol. The number of benzene rings is 1. The Bertz CT molecular complexity index is 476. The predicted octanol–water partition coefficient (Wildman–Crippen LogP) is 3.14. The molecule has 13 heavy (non-hydrogen) atoms. The normalized spacial score (nSPS) is 10.6. The van der Waals surface area contributed by atoms with Gasteiger partial charge in [-0.25, -0.2) is 4.39 Å². The highest BCUT2D eigenvalue weighted by Gasteiger charge is 2.08. The zero-order chi connectivity index (χ0) is 9.42. The summed E-state index contributed by atoms with van der Waals surface area (Å²) in [6.45, 7) is 0. The minimum absolute atomic E-state index is 0.292. The highest BCUT2D eigenvalue weighted by molar-refractivity contribution is 7.81. The molecule has 0 atom stereocenters. The zero-order valence-corrected chi connectivity index (χ0v) is 8.16. The van der Waals surface area contributed by atoms with E-state index >= 15 is 0 Å². The van der Waals surface area contributed by atoms with Crippen molar-refractivity contribution < 1.29 is 9.18 Å². The number of aldehydes is 1. The fourth-order valence-corrected chi connectivity index (χ4v) is 2.56. The summed E-state index contributed by atoms with van der Waals surface area (Å²) >= 11 is 5.44. The molecule has 1 aromatic carbocycles. The van der Waals surface area contributed by atoms with Crippen molar-refractivity contribution in [3.63, 3.8) is 0 Å². The standard InChI is InChI=1S/C9H5FOS2/c10-5-1-2-6-7(3-5)13-8(4-11)9(6)12/h1-4,12H. The van der Waals surface area contributed by atoms with Crippen LogP contribution in [0.5, 0.6) is 0 Å². The van der Waals surface area contributed by atoms with Crippen LogP contribution in [-0.4, -0.2) is 6.29 Å². The van der Waals surface area contributed by atoms with Gasteiger partial charge >= 0.3 is 0 Å². The lowest BCUT2D eigenvalue weighted by atomic mass is 10.2. The van der Waals surface area contributed by atoms with Gasteiger partial charge in [-0.2, -0.15) is 0 Å². The van der Waals surface area contributed by atoms with E-state index in [1.165, 1.54) is 23.5 Å². The van der Waals surface area contributed by atoms with Crippen LogP contribution in [0.2, 0.25) is 0 Å². The molecule has 0 aliphatic heterocycles. The molecular formula is C9H5FOS2. The van der Waals surface area contributed by atoms with Crippen molar-refractivity contribution >= 4 is 40.3 Å². The summed E-state index contributed by atoms with van der Waals surface area (Å²) < 4.78 is 13.5. The molecule has 66 valence electrons. The Morgan fingerprint density at radius 3 is 2.92 bits per heavy atom. The van der Waals surface area contributed by atoms with E-state index in [9.17, 15) is 9.18 Å². The van der Waals surface area contributed by atoms with Crippen LogP contribution in [0.4, 0.5) is 4.39 Å². The Morgan fingerprint density at radius 2 is 2.23 bits per heavy atom. The monoisotopic (exact) mass is 212 g/mol. The number of rotatable bonds is 1. The molecule has 0 saturated carbocycles. The number of thiophene rings is 1. The van der Waals surface area contributed by atoms with Gasteiger partial charge in [-0.05, 0) is 18.2 Å². The van der Waals surface area contributed by atoms with Crippen molar-refractivity contribution in [2.45, 2.75) is 4.90 Å². The first kappa shape index (κ1) is 8.72. The number of thiol groups is 1. The summed E-state index contributed by atoms with van der Waals surface area (Å²) in [5.41, 5.74) is 0. The average Bonchev–Trinajstić information content (AvgIpc) is 2.42. The second kappa shape index (κ2) is 3.12. The number of hydrogen-bond donors (Lipinski definition) is 1. The first-order chi connectivity index (χ1) is 6.22. The minimum atomic E-state index is -0.292. The van der Waals surface area contributed by atoms with Crippen molar-refractivity contribution in [1.29, 1.82) is 0 Å². The van der Waals surface area contributed by atoms with E-state index in [4.69, 9.17) is 0 Å². The molecule has 0 saturated heterocycles. The van der Waals surface area contributed by atoms with Gasteiger partial charge in [0.15, 0.2) is 6.29 Å². The van der Waals surface area contributed by atoms with E-state index in [0.29, 0.717) is 9.77 Å². The molecule has 0 bridgehead atoms. The van der Waals surface area contributed by atoms with E-state index in [0.717, 1.165) is 16.4 Å². The van der Waals surface area contributed by atoms with E-state index in [-0.39, 0.29) is 5.82 Å². The van der Waals surface area contributed by atoms with E-state index in [2.05, 4.69) is 12.6 Å². The molecule has 0 radical (unpaired) electrons. The van der Waals surface area contributed by atoms with Gasteiger partial charge in [-0.1, -0.05) is 0 Å². The maximum absolute atomic E-state index is 12.8. The highest BCUT2D eigenvalue weighted by Crippen LogP contribution is 2.33. The Morgan fingerprint density at radius 1 is 1.46 bits per heavy atom. The minimum Gasteiger partial charge on any atom is -0.297 e. The summed E-state index contributed by atoms with van der Waals surface area (Å²) in [4.78, 5) is 11.7. The summed E-state index contributed by atoms with van der Waals surface area (Å²) in [7, 11) is 0. The third-order valence-corrected chi connectivity index (χ3v) is 3.47. The quantitative estimate of drug-likeness (QED) is 0.567. The molecule has 2 aromatic rings. The molecule has 0 fully saturated rings. The predicted molar refractivity (Wildman–Crippen MR) is 54.4 cm³/mol. The van der Waals surface area contributed by atoms with Crippen LogP contribution in [0.25, 0.3) is 10.1 Å². The van der Waals surface area contributed by atoms with Crippen LogP contribution in [0.1, 0.15) is 9.67 Å². The highest BCUT2D eigenvalue weighted by atomic mass is 32.1. The topological polar surface area (TPSA) is 17.1 Å². The summed E-state index contributed by atoms with van der Waals surface area (Å²) in [5, 5.41) is 0.830. The largest absolute Gasteiger partial charge is 0.297 e. The van der Waals surface area contributed by atoms with Gasteiger partial charge in [0, 0.05) is 15.0 Å². The second-order valence-corrected chi connectivity index (χ2v) is 4.10. The third-order valence-electron chi connectivity index (χ3n) is 1.76. The summed E-state index contributed by atoms with van der Waals surface area (Å²) in [6.07, 6.45) is 0.741. The molecule has 0 aliphatic rings. The molecule has 1 aromatic heterocycles. The fraction of sp³-hybridized carbons (Fsp3) is 0. The van der Waals surface area contributed by atoms with Crippen molar-refractivity contribution in [1.82, 2.24) is 0 Å². The number of hydrogen-bond acceptors (Lipinski definition) is 3. The maximum atomic E-state index is 12.8. The Hall–Kier alpha value is -0.870. The zero-order valence-electron chi connectivity index (χ0n) is 6.45. The van der Waals surface area contributed by atoms with Crippen LogP contribution in [0.3, 0.4) is 0 Å². The fourth-order valence-electron chi connectivity index (χ4n) is 1.16. The van der Waals surface area contributed by atoms with Crippen molar-refractivity contribution in [2.75, 3.05) is 0 Å². The van der Waals surface area contributed by atoms with Gasteiger partial charge in [-0.15, -0.1) is 24.0 Å². The van der Waals surface area contributed by atoms with Crippen LogP contribution >= 0.6 is 24.0 Å². The third kappa shape index (κ3) is 1.36. The lowest BCUT2D eigenvalue weighted by Gasteiger charge is -1.89. The summed E-state index contributed by atoms with van der Waals surface area (Å²) in [6, 6.07) is 4.41. The Labute approximate surface area is 83.6 Å². The van der Waals surface area contributed by atoms with Crippen LogP contribution in [-0.2, 0) is 0 Å². The van der Waals surface area contributed by atoms with Gasteiger partial charge < -0.3 is 0 Å². The maximum Gasteiger partial charge on any atom is 0.161 e. The van der Waals surface area contributed by atoms with E-state index < -0.39 is 0 Å². The molecule has 4 heteroatoms. The number of fused-ring (bicyclic) bond motifs is 1. The second-order valence-electron chi connectivity index (χ2n) is 2.57. The van der Waals surface area contributed by atoms with Crippen LogP contribution in [0, 0.1) is 5.82 Å². The molecule has 0 spiro atoms. The van der Waals surface area contributed by atoms with Crippen molar-refractivity contribution in [3.05, 3.63) is 28.9 Å². The number of carbonyl (C=O) groups is 1. The van der Waals surface area contributed by atoms with Crippen LogP contribution in [0.15, 0.2) is 23.1 Å². The van der Waals surface area contributed by atoms with Crippen molar-refractivity contribution in [2.24, 2.45) is 0 Å². The molecule has 2 rings (SSSR count). The van der Waals surface area contributed by atoms with Gasteiger partial charge in [-0.3, -0.25) is 4.79 Å². The Balaban J connectivity index is 2.83. The molecule has 0 amide bonds. The summed E-state index contributed by atoms with van der Waals surface area (Å²) in [5.74, 6) is -0.292. The van der Waals surface area contributed by atoms with Crippen LogP contribution < -0.4 is 0 Å². The van der Waals surface area contributed by atoms with E-state index in [1.54, 1.807) is 6.07 Å². The molecule has 0 unspecified atom stereocenters. The molecule has 0 N–H and O–H groups in total. The number of carbonyl (C=O) groups excluding carboxylic acids is 1. The molecule has 1 nitrogen and oxygen atoms in total.